The average molecular weight is 277 g/mol. The summed E-state index contributed by atoms with van der Waals surface area (Å²) in [5.41, 5.74) is 3.71. The largest absolute Gasteiger partial charge is 0.301 e. The second kappa shape index (κ2) is 5.73. The quantitative estimate of drug-likeness (QED) is 0.795. The molecule has 3 rings (SSSR count). The summed E-state index contributed by atoms with van der Waals surface area (Å²) in [6.07, 6.45) is 5.43. The Hall–Kier alpha value is -2.71. The van der Waals surface area contributed by atoms with Crippen LogP contribution in [0.15, 0.2) is 48.9 Å². The molecule has 5 nitrogen and oxygen atoms in total. The molecule has 0 radical (unpaired) electrons. The zero-order chi connectivity index (χ0) is 14.7. The van der Waals surface area contributed by atoms with E-state index in [0.717, 1.165) is 22.6 Å². The predicted octanol–water partition coefficient (Wildman–Crippen LogP) is 2.39. The number of pyridine rings is 2. The maximum absolute atomic E-state index is 9.49. The van der Waals surface area contributed by atoms with E-state index in [2.05, 4.69) is 21.4 Å². The zero-order valence-corrected chi connectivity index (χ0v) is 11.7. The van der Waals surface area contributed by atoms with Crippen molar-refractivity contribution in [3.63, 3.8) is 0 Å². The van der Waals surface area contributed by atoms with Crippen LogP contribution in [0.25, 0.3) is 5.65 Å². The summed E-state index contributed by atoms with van der Waals surface area (Å²) in [5, 5.41) is 12.8. The number of rotatable bonds is 4. The molecule has 3 heterocycles. The van der Waals surface area contributed by atoms with Gasteiger partial charge < -0.3 is 4.40 Å². The molecule has 0 aliphatic heterocycles. The van der Waals surface area contributed by atoms with E-state index < -0.39 is 6.04 Å². The third-order valence-corrected chi connectivity index (χ3v) is 3.41. The van der Waals surface area contributed by atoms with Gasteiger partial charge >= 0.3 is 0 Å². The van der Waals surface area contributed by atoms with Crippen LogP contribution in [0.4, 0.5) is 0 Å². The molecule has 0 fully saturated rings. The van der Waals surface area contributed by atoms with Crippen LogP contribution in [0.1, 0.15) is 23.0 Å². The minimum atomic E-state index is -0.407. The highest BCUT2D eigenvalue weighted by Crippen LogP contribution is 2.19. The minimum absolute atomic E-state index is 0.407. The van der Waals surface area contributed by atoms with Crippen LogP contribution in [0.3, 0.4) is 0 Å². The van der Waals surface area contributed by atoms with Crippen LogP contribution in [0.2, 0.25) is 0 Å². The van der Waals surface area contributed by atoms with E-state index in [1.54, 1.807) is 12.4 Å². The molecule has 1 unspecified atom stereocenters. The third kappa shape index (κ3) is 2.62. The summed E-state index contributed by atoms with van der Waals surface area (Å²) < 4.78 is 1.96. The highest BCUT2D eigenvalue weighted by atomic mass is 15.1. The number of nitrogens with one attached hydrogen (secondary N) is 1. The van der Waals surface area contributed by atoms with Gasteiger partial charge in [-0.1, -0.05) is 6.07 Å². The summed E-state index contributed by atoms with van der Waals surface area (Å²) in [5.74, 6) is 0. The van der Waals surface area contributed by atoms with E-state index in [4.69, 9.17) is 0 Å². The molecule has 0 aliphatic rings. The molecule has 3 aromatic rings. The molecule has 5 heteroatoms. The van der Waals surface area contributed by atoms with Gasteiger partial charge in [0.2, 0.25) is 0 Å². The summed E-state index contributed by atoms with van der Waals surface area (Å²) in [6, 6.07) is 11.6. The minimum Gasteiger partial charge on any atom is -0.301 e. The van der Waals surface area contributed by atoms with E-state index in [1.807, 2.05) is 47.9 Å². The van der Waals surface area contributed by atoms with Crippen molar-refractivity contribution in [2.45, 2.75) is 19.5 Å². The van der Waals surface area contributed by atoms with Crippen LogP contribution in [-0.2, 0) is 6.54 Å². The molecule has 104 valence electrons. The van der Waals surface area contributed by atoms with Crippen LogP contribution in [-0.4, -0.2) is 14.4 Å². The number of aryl methyl sites for hydroxylation is 1. The lowest BCUT2D eigenvalue weighted by molar-refractivity contribution is 0.609. The molecule has 0 spiro atoms. The fraction of sp³-hybridized carbons (Fsp3) is 0.188. The summed E-state index contributed by atoms with van der Waals surface area (Å²) in [6.45, 7) is 2.54. The van der Waals surface area contributed by atoms with Crippen LogP contribution >= 0.6 is 0 Å². The van der Waals surface area contributed by atoms with E-state index in [9.17, 15) is 5.26 Å². The van der Waals surface area contributed by atoms with Crippen molar-refractivity contribution in [2.75, 3.05) is 0 Å². The van der Waals surface area contributed by atoms with Crippen molar-refractivity contribution < 1.29 is 0 Å². The standard InChI is InChI=1S/C16H15N5/c1-12-16(21-9-3-2-4-15(21)20-12)14(10-17)19-11-13-5-7-18-8-6-13/h2-9,14,19H,11H2,1H3. The fourth-order valence-electron chi connectivity index (χ4n) is 2.40. The van der Waals surface area contributed by atoms with Gasteiger partial charge in [-0.15, -0.1) is 0 Å². The number of imidazole rings is 1. The molecule has 0 saturated heterocycles. The number of nitriles is 1. The van der Waals surface area contributed by atoms with Gasteiger partial charge in [-0.2, -0.15) is 5.26 Å². The first-order valence-electron chi connectivity index (χ1n) is 6.75. The van der Waals surface area contributed by atoms with Crippen molar-refractivity contribution in [3.05, 3.63) is 65.9 Å². The number of nitrogens with zero attached hydrogens (tertiary/aromatic N) is 4. The summed E-state index contributed by atoms with van der Waals surface area (Å²) in [7, 11) is 0. The number of hydrogen-bond acceptors (Lipinski definition) is 4. The van der Waals surface area contributed by atoms with Crippen molar-refractivity contribution in [2.24, 2.45) is 0 Å². The molecule has 1 N–H and O–H groups in total. The molecule has 21 heavy (non-hydrogen) atoms. The van der Waals surface area contributed by atoms with E-state index in [0.29, 0.717) is 6.54 Å². The topological polar surface area (TPSA) is 66.0 Å². The van der Waals surface area contributed by atoms with E-state index in [1.165, 1.54) is 0 Å². The molecule has 0 bridgehead atoms. The summed E-state index contributed by atoms with van der Waals surface area (Å²) >= 11 is 0. The maximum Gasteiger partial charge on any atom is 0.138 e. The first kappa shape index (κ1) is 13.3. The normalized spacial score (nSPS) is 12.2. The van der Waals surface area contributed by atoms with Crippen molar-refractivity contribution >= 4 is 5.65 Å². The summed E-state index contributed by atoms with van der Waals surface area (Å²) in [4.78, 5) is 8.49. The van der Waals surface area contributed by atoms with Crippen molar-refractivity contribution in [1.29, 1.82) is 5.26 Å². The van der Waals surface area contributed by atoms with Gasteiger partial charge in [0.1, 0.15) is 11.7 Å². The SMILES string of the molecule is Cc1nc2ccccn2c1C(C#N)NCc1ccncc1. The zero-order valence-electron chi connectivity index (χ0n) is 11.7. The first-order chi connectivity index (χ1) is 10.3. The second-order valence-corrected chi connectivity index (χ2v) is 4.81. The van der Waals surface area contributed by atoms with Gasteiger partial charge in [-0.05, 0) is 36.8 Å². The Kier molecular flexibility index (Phi) is 3.63. The Morgan fingerprint density at radius 2 is 2.10 bits per heavy atom. The Balaban J connectivity index is 1.89. The Bertz CT molecular complexity index is 785. The molecular weight excluding hydrogens is 262 g/mol. The molecule has 0 saturated carbocycles. The molecule has 3 aromatic heterocycles. The van der Waals surface area contributed by atoms with Crippen LogP contribution in [0, 0.1) is 18.3 Å². The maximum atomic E-state index is 9.49. The molecule has 0 amide bonds. The van der Waals surface area contributed by atoms with E-state index >= 15 is 0 Å². The van der Waals surface area contributed by atoms with Gasteiger partial charge in [0.15, 0.2) is 0 Å². The van der Waals surface area contributed by atoms with Crippen molar-refractivity contribution in [3.8, 4) is 6.07 Å². The van der Waals surface area contributed by atoms with Gasteiger partial charge in [0.05, 0.1) is 17.5 Å². The van der Waals surface area contributed by atoms with Gasteiger partial charge in [0, 0.05) is 25.1 Å². The lowest BCUT2D eigenvalue weighted by Gasteiger charge is -2.12. The number of fused-ring (bicyclic) bond motifs is 1. The Morgan fingerprint density at radius 3 is 2.86 bits per heavy atom. The Morgan fingerprint density at radius 1 is 1.29 bits per heavy atom. The number of aromatic nitrogens is 3. The second-order valence-electron chi connectivity index (χ2n) is 4.81. The fourth-order valence-corrected chi connectivity index (χ4v) is 2.40. The monoisotopic (exact) mass is 277 g/mol. The number of hydrogen-bond donors (Lipinski definition) is 1. The lowest BCUT2D eigenvalue weighted by atomic mass is 10.1. The third-order valence-electron chi connectivity index (χ3n) is 3.41. The Labute approximate surface area is 122 Å². The highest BCUT2D eigenvalue weighted by Gasteiger charge is 2.18. The smallest absolute Gasteiger partial charge is 0.138 e. The molecule has 1 atom stereocenters. The van der Waals surface area contributed by atoms with Gasteiger partial charge in [-0.25, -0.2) is 4.98 Å². The van der Waals surface area contributed by atoms with Crippen molar-refractivity contribution in [1.82, 2.24) is 19.7 Å². The lowest BCUT2D eigenvalue weighted by Crippen LogP contribution is -2.21. The van der Waals surface area contributed by atoms with E-state index in [-0.39, 0.29) is 0 Å². The molecule has 0 aromatic carbocycles. The predicted molar refractivity (Wildman–Crippen MR) is 79.4 cm³/mol. The van der Waals surface area contributed by atoms with Gasteiger partial charge in [-0.3, -0.25) is 10.3 Å². The average Bonchev–Trinajstić information content (AvgIpc) is 2.86. The highest BCUT2D eigenvalue weighted by molar-refractivity contribution is 5.44. The van der Waals surface area contributed by atoms with Crippen LogP contribution < -0.4 is 5.32 Å². The first-order valence-corrected chi connectivity index (χ1v) is 6.75. The molecule has 0 aliphatic carbocycles. The van der Waals surface area contributed by atoms with Gasteiger partial charge in [0.25, 0.3) is 0 Å². The van der Waals surface area contributed by atoms with Crippen LogP contribution in [0.5, 0.6) is 0 Å². The molecular formula is C16H15N5.